The van der Waals surface area contributed by atoms with Crippen molar-refractivity contribution >= 4 is 22.4 Å². The van der Waals surface area contributed by atoms with E-state index in [4.69, 9.17) is 0 Å². The Kier molecular flexibility index (Phi) is 3.28. The fraction of sp³-hybridized carbons (Fsp3) is 0.333. The number of amides is 1. The molecule has 1 amide bonds. The maximum absolute atomic E-state index is 11.8. The van der Waals surface area contributed by atoms with Crippen molar-refractivity contribution in [2.24, 2.45) is 0 Å². The Morgan fingerprint density at radius 2 is 2.24 bits per heavy atom. The predicted octanol–water partition coefficient (Wildman–Crippen LogP) is 2.58. The van der Waals surface area contributed by atoms with Crippen molar-refractivity contribution in [1.82, 2.24) is 9.97 Å². The molecule has 0 fully saturated rings. The van der Waals surface area contributed by atoms with Gasteiger partial charge in [0.15, 0.2) is 5.13 Å². The predicted molar refractivity (Wildman–Crippen MR) is 69.5 cm³/mol. The molecule has 2 aromatic heterocycles. The summed E-state index contributed by atoms with van der Waals surface area (Å²) < 4.78 is 0. The maximum atomic E-state index is 11.8. The van der Waals surface area contributed by atoms with Crippen LogP contribution in [0.1, 0.15) is 21.8 Å². The van der Waals surface area contributed by atoms with E-state index in [0.717, 1.165) is 21.8 Å². The van der Waals surface area contributed by atoms with E-state index < -0.39 is 0 Å². The number of anilines is 1. The summed E-state index contributed by atoms with van der Waals surface area (Å²) in [4.78, 5) is 20.2. The van der Waals surface area contributed by atoms with Gasteiger partial charge in [-0.1, -0.05) is 0 Å². The number of aromatic nitrogens is 2. The number of rotatable bonds is 3. The molecule has 0 saturated carbocycles. The molecule has 0 aliphatic heterocycles. The van der Waals surface area contributed by atoms with Crippen LogP contribution in [0.15, 0.2) is 12.3 Å². The Hall–Kier alpha value is -1.62. The molecule has 90 valence electrons. The van der Waals surface area contributed by atoms with Crippen LogP contribution < -0.4 is 5.32 Å². The smallest absolute Gasteiger partial charge is 0.230 e. The molecule has 0 spiro atoms. The van der Waals surface area contributed by atoms with Crippen LogP contribution in [-0.4, -0.2) is 15.9 Å². The lowest BCUT2D eigenvalue weighted by Gasteiger charge is -1.99. The minimum atomic E-state index is -0.0299. The average molecular weight is 249 g/mol. The van der Waals surface area contributed by atoms with E-state index in [0.29, 0.717) is 11.6 Å². The molecule has 17 heavy (non-hydrogen) atoms. The third-order valence-electron chi connectivity index (χ3n) is 2.53. The molecule has 5 heteroatoms. The molecule has 4 nitrogen and oxygen atoms in total. The van der Waals surface area contributed by atoms with Crippen molar-refractivity contribution in [2.45, 2.75) is 27.2 Å². The molecule has 0 aliphatic rings. The first kappa shape index (κ1) is 11.9. The first-order valence-corrected chi connectivity index (χ1v) is 6.24. The monoisotopic (exact) mass is 249 g/mol. The number of H-pyrrole nitrogens is 1. The first-order chi connectivity index (χ1) is 8.04. The summed E-state index contributed by atoms with van der Waals surface area (Å²) in [6.07, 6.45) is 2.23. The SMILES string of the molecule is Cc1cc(CC(=O)Nc2nc(C)c(C)s2)c[nH]1. The Morgan fingerprint density at radius 3 is 2.76 bits per heavy atom. The van der Waals surface area contributed by atoms with Gasteiger partial charge in [-0.25, -0.2) is 4.98 Å². The van der Waals surface area contributed by atoms with Gasteiger partial charge in [0.25, 0.3) is 0 Å². The van der Waals surface area contributed by atoms with Gasteiger partial charge in [0.2, 0.25) is 5.91 Å². The van der Waals surface area contributed by atoms with Crippen LogP contribution in [0.4, 0.5) is 5.13 Å². The van der Waals surface area contributed by atoms with E-state index in [1.54, 1.807) is 0 Å². The lowest BCUT2D eigenvalue weighted by molar-refractivity contribution is -0.115. The summed E-state index contributed by atoms with van der Waals surface area (Å²) in [5, 5.41) is 3.49. The minimum absolute atomic E-state index is 0.0299. The largest absolute Gasteiger partial charge is 0.365 e. The first-order valence-electron chi connectivity index (χ1n) is 5.42. The van der Waals surface area contributed by atoms with Gasteiger partial charge in [0, 0.05) is 16.8 Å². The van der Waals surface area contributed by atoms with E-state index in [1.807, 2.05) is 33.0 Å². The number of aryl methyl sites for hydroxylation is 3. The highest BCUT2D eigenvalue weighted by atomic mass is 32.1. The molecule has 0 atom stereocenters. The second-order valence-corrected chi connectivity index (χ2v) is 5.28. The quantitative estimate of drug-likeness (QED) is 0.878. The highest BCUT2D eigenvalue weighted by Crippen LogP contribution is 2.21. The van der Waals surface area contributed by atoms with Gasteiger partial charge in [-0.15, -0.1) is 11.3 Å². The van der Waals surface area contributed by atoms with Crippen LogP contribution in [0, 0.1) is 20.8 Å². The van der Waals surface area contributed by atoms with Crippen molar-refractivity contribution in [3.63, 3.8) is 0 Å². The number of thiazole rings is 1. The molecule has 0 saturated heterocycles. The Morgan fingerprint density at radius 1 is 1.47 bits per heavy atom. The Bertz CT molecular complexity index is 522. The third-order valence-corrected chi connectivity index (χ3v) is 3.51. The van der Waals surface area contributed by atoms with Gasteiger partial charge in [-0.2, -0.15) is 0 Å². The average Bonchev–Trinajstić information content (AvgIpc) is 2.75. The number of carbonyl (C=O) groups excluding carboxylic acids is 1. The molecule has 0 aromatic carbocycles. The topological polar surface area (TPSA) is 57.8 Å². The maximum Gasteiger partial charge on any atom is 0.230 e. The van der Waals surface area contributed by atoms with Gasteiger partial charge in [-0.3, -0.25) is 4.79 Å². The van der Waals surface area contributed by atoms with Crippen LogP contribution in [0.25, 0.3) is 0 Å². The van der Waals surface area contributed by atoms with Crippen LogP contribution in [0.5, 0.6) is 0 Å². The van der Waals surface area contributed by atoms with E-state index >= 15 is 0 Å². The number of carbonyl (C=O) groups is 1. The van der Waals surface area contributed by atoms with Gasteiger partial charge < -0.3 is 10.3 Å². The highest BCUT2D eigenvalue weighted by molar-refractivity contribution is 7.15. The lowest BCUT2D eigenvalue weighted by atomic mass is 10.2. The standard InChI is InChI=1S/C12H15N3OS/c1-7-4-10(6-13-7)5-11(16)15-12-14-8(2)9(3)17-12/h4,6,13H,5H2,1-3H3,(H,14,15,16). The fourth-order valence-electron chi connectivity index (χ4n) is 1.55. The molecule has 2 rings (SSSR count). The van der Waals surface area contributed by atoms with Crippen molar-refractivity contribution in [1.29, 1.82) is 0 Å². The van der Waals surface area contributed by atoms with Crippen molar-refractivity contribution in [3.8, 4) is 0 Å². The summed E-state index contributed by atoms with van der Waals surface area (Å²) in [6, 6.07) is 1.97. The van der Waals surface area contributed by atoms with E-state index in [-0.39, 0.29) is 5.91 Å². The minimum Gasteiger partial charge on any atom is -0.365 e. The van der Waals surface area contributed by atoms with Crippen molar-refractivity contribution in [2.75, 3.05) is 5.32 Å². The van der Waals surface area contributed by atoms with Crippen molar-refractivity contribution < 1.29 is 4.79 Å². The molecule has 0 bridgehead atoms. The number of nitrogens with zero attached hydrogens (tertiary/aromatic N) is 1. The fourth-order valence-corrected chi connectivity index (χ4v) is 2.38. The zero-order valence-electron chi connectivity index (χ0n) is 10.1. The van der Waals surface area contributed by atoms with Gasteiger partial charge >= 0.3 is 0 Å². The Labute approximate surface area is 104 Å². The van der Waals surface area contributed by atoms with E-state index in [2.05, 4.69) is 15.3 Å². The number of hydrogen-bond donors (Lipinski definition) is 2. The normalized spacial score (nSPS) is 10.5. The zero-order chi connectivity index (χ0) is 12.4. The summed E-state index contributed by atoms with van der Waals surface area (Å²) in [6.45, 7) is 5.91. The lowest BCUT2D eigenvalue weighted by Crippen LogP contribution is -2.13. The van der Waals surface area contributed by atoms with Crippen LogP contribution in [0.2, 0.25) is 0 Å². The van der Waals surface area contributed by atoms with Gasteiger partial charge in [0.1, 0.15) is 0 Å². The summed E-state index contributed by atoms with van der Waals surface area (Å²) in [5.41, 5.74) is 3.03. The molecule has 2 heterocycles. The second kappa shape index (κ2) is 4.71. The number of nitrogens with one attached hydrogen (secondary N) is 2. The highest BCUT2D eigenvalue weighted by Gasteiger charge is 2.09. The summed E-state index contributed by atoms with van der Waals surface area (Å²) in [7, 11) is 0. The molecule has 0 aliphatic carbocycles. The molecular formula is C12H15N3OS. The van der Waals surface area contributed by atoms with E-state index in [1.165, 1.54) is 11.3 Å². The Balaban J connectivity index is 1.97. The molecular weight excluding hydrogens is 234 g/mol. The number of aromatic amines is 1. The zero-order valence-corrected chi connectivity index (χ0v) is 10.9. The molecule has 2 aromatic rings. The molecule has 0 radical (unpaired) electrons. The molecule has 2 N–H and O–H groups in total. The second-order valence-electron chi connectivity index (χ2n) is 4.08. The third kappa shape index (κ3) is 2.94. The van der Waals surface area contributed by atoms with Crippen molar-refractivity contribution in [3.05, 3.63) is 34.1 Å². The summed E-state index contributed by atoms with van der Waals surface area (Å²) in [5.74, 6) is -0.0299. The number of hydrogen-bond acceptors (Lipinski definition) is 3. The van der Waals surface area contributed by atoms with Gasteiger partial charge in [0.05, 0.1) is 12.1 Å². The molecule has 0 unspecified atom stereocenters. The van der Waals surface area contributed by atoms with Crippen LogP contribution >= 0.6 is 11.3 Å². The summed E-state index contributed by atoms with van der Waals surface area (Å²) >= 11 is 1.51. The van der Waals surface area contributed by atoms with Gasteiger partial charge in [-0.05, 0) is 32.4 Å². The van der Waals surface area contributed by atoms with Crippen LogP contribution in [0.3, 0.4) is 0 Å². The van der Waals surface area contributed by atoms with Crippen LogP contribution in [-0.2, 0) is 11.2 Å². The van der Waals surface area contributed by atoms with E-state index in [9.17, 15) is 4.79 Å².